The van der Waals surface area contributed by atoms with Crippen LogP contribution >= 0.6 is 15.9 Å². The summed E-state index contributed by atoms with van der Waals surface area (Å²) in [7, 11) is 3.15. The highest BCUT2D eigenvalue weighted by molar-refractivity contribution is 9.10. The average molecular weight is 290 g/mol. The lowest BCUT2D eigenvalue weighted by molar-refractivity contribution is -0.134. The topological polar surface area (TPSA) is 29.5 Å². The van der Waals surface area contributed by atoms with E-state index in [4.69, 9.17) is 4.74 Å². The number of carbonyl (C=O) groups is 1. The molecule has 1 amide bonds. The van der Waals surface area contributed by atoms with Crippen LogP contribution in [0.1, 0.15) is 5.56 Å². The number of rotatable bonds is 4. The Morgan fingerprint density at radius 2 is 2.25 bits per heavy atom. The zero-order chi connectivity index (χ0) is 12.1. The molecule has 0 atom stereocenters. The summed E-state index contributed by atoms with van der Waals surface area (Å²) in [4.78, 5) is 12.9. The first-order chi connectivity index (χ1) is 7.54. The van der Waals surface area contributed by atoms with Crippen molar-refractivity contribution in [3.8, 4) is 0 Å². The lowest BCUT2D eigenvalue weighted by atomic mass is 10.2. The van der Waals surface area contributed by atoms with Gasteiger partial charge in [0, 0.05) is 20.7 Å². The predicted molar refractivity (Wildman–Crippen MR) is 62.5 cm³/mol. The minimum Gasteiger partial charge on any atom is -0.375 e. The van der Waals surface area contributed by atoms with E-state index < -0.39 is 0 Å². The van der Waals surface area contributed by atoms with Crippen LogP contribution in [0.4, 0.5) is 4.39 Å². The highest BCUT2D eigenvalue weighted by atomic mass is 79.9. The van der Waals surface area contributed by atoms with E-state index in [0.717, 1.165) is 5.56 Å². The van der Waals surface area contributed by atoms with Crippen LogP contribution in [0, 0.1) is 5.82 Å². The molecule has 1 aromatic rings. The molecule has 0 spiro atoms. The molecule has 16 heavy (non-hydrogen) atoms. The van der Waals surface area contributed by atoms with E-state index in [1.165, 1.54) is 18.1 Å². The molecule has 88 valence electrons. The first-order valence-electron chi connectivity index (χ1n) is 4.71. The molecule has 0 unspecified atom stereocenters. The number of hydrogen-bond donors (Lipinski definition) is 0. The summed E-state index contributed by atoms with van der Waals surface area (Å²) < 4.78 is 18.1. The molecule has 1 aromatic carbocycles. The number of amides is 1. The maximum Gasteiger partial charge on any atom is 0.248 e. The lowest BCUT2D eigenvalue weighted by Crippen LogP contribution is -2.29. The van der Waals surface area contributed by atoms with Crippen LogP contribution in [0.15, 0.2) is 22.7 Å². The molecule has 0 aromatic heterocycles. The number of methoxy groups -OCH3 is 1. The molecule has 0 saturated heterocycles. The van der Waals surface area contributed by atoms with Gasteiger partial charge in [0.25, 0.3) is 0 Å². The Labute approximate surface area is 102 Å². The number of ether oxygens (including phenoxy) is 1. The van der Waals surface area contributed by atoms with Gasteiger partial charge in [-0.25, -0.2) is 4.39 Å². The summed E-state index contributed by atoms with van der Waals surface area (Å²) in [6.45, 7) is 0.486. The second-order valence-corrected chi connectivity index (χ2v) is 4.29. The molecule has 0 aliphatic rings. The van der Waals surface area contributed by atoms with Crippen LogP contribution in [-0.4, -0.2) is 31.6 Å². The second kappa shape index (κ2) is 5.96. The summed E-state index contributed by atoms with van der Waals surface area (Å²) >= 11 is 3.10. The average Bonchev–Trinajstić information content (AvgIpc) is 2.24. The molecule has 5 heteroatoms. The van der Waals surface area contributed by atoms with Crippen molar-refractivity contribution in [2.75, 3.05) is 20.8 Å². The Morgan fingerprint density at radius 1 is 1.56 bits per heavy atom. The van der Waals surface area contributed by atoms with E-state index in [2.05, 4.69) is 15.9 Å². The quantitative estimate of drug-likeness (QED) is 0.850. The largest absolute Gasteiger partial charge is 0.375 e. The number of halogens is 2. The smallest absolute Gasteiger partial charge is 0.248 e. The molecule has 0 heterocycles. The second-order valence-electron chi connectivity index (χ2n) is 3.43. The van der Waals surface area contributed by atoms with Gasteiger partial charge in [0.05, 0.1) is 4.47 Å². The monoisotopic (exact) mass is 289 g/mol. The summed E-state index contributed by atoms with van der Waals surface area (Å²) in [5.74, 6) is -0.419. The standard InChI is InChI=1S/C11H13BrFNO2/c1-14(11(15)7-16-2)6-8-3-4-10(13)9(12)5-8/h3-5H,6-7H2,1-2H3. The van der Waals surface area contributed by atoms with Gasteiger partial charge in [-0.1, -0.05) is 6.07 Å². The third-order valence-corrected chi connectivity index (χ3v) is 2.71. The van der Waals surface area contributed by atoms with Crippen molar-refractivity contribution in [2.24, 2.45) is 0 Å². The molecular weight excluding hydrogens is 277 g/mol. The van der Waals surface area contributed by atoms with Crippen molar-refractivity contribution in [3.05, 3.63) is 34.1 Å². The van der Waals surface area contributed by atoms with E-state index >= 15 is 0 Å². The van der Waals surface area contributed by atoms with Gasteiger partial charge in [-0.3, -0.25) is 4.79 Å². The highest BCUT2D eigenvalue weighted by Crippen LogP contribution is 2.17. The molecular formula is C11H13BrFNO2. The fourth-order valence-electron chi connectivity index (χ4n) is 1.23. The summed E-state index contributed by atoms with van der Waals surface area (Å²) in [5.41, 5.74) is 0.861. The van der Waals surface area contributed by atoms with Crippen LogP contribution < -0.4 is 0 Å². The maximum absolute atomic E-state index is 13.0. The molecule has 0 aliphatic carbocycles. The molecule has 3 nitrogen and oxygen atoms in total. The van der Waals surface area contributed by atoms with Crippen LogP contribution in [0.2, 0.25) is 0 Å². The molecule has 0 aliphatic heterocycles. The Hall–Kier alpha value is -0.940. The number of likely N-dealkylation sites (N-methyl/N-ethyl adjacent to an activating group) is 1. The molecule has 0 fully saturated rings. The predicted octanol–water partition coefficient (Wildman–Crippen LogP) is 2.19. The Morgan fingerprint density at radius 3 is 2.81 bits per heavy atom. The van der Waals surface area contributed by atoms with E-state index in [9.17, 15) is 9.18 Å². The fraction of sp³-hybridized carbons (Fsp3) is 0.364. The number of carbonyl (C=O) groups excluding carboxylic acids is 1. The summed E-state index contributed by atoms with van der Waals surface area (Å²) in [6.07, 6.45) is 0. The normalized spacial score (nSPS) is 10.2. The van der Waals surface area contributed by atoms with Crippen LogP contribution in [0.5, 0.6) is 0 Å². The van der Waals surface area contributed by atoms with Gasteiger partial charge in [0.15, 0.2) is 0 Å². The van der Waals surface area contributed by atoms with E-state index in [1.807, 2.05) is 0 Å². The molecule has 0 saturated carbocycles. The third-order valence-electron chi connectivity index (χ3n) is 2.10. The van der Waals surface area contributed by atoms with Crippen LogP contribution in [-0.2, 0) is 16.1 Å². The zero-order valence-corrected chi connectivity index (χ0v) is 10.8. The number of nitrogens with zero attached hydrogens (tertiary/aromatic N) is 1. The van der Waals surface area contributed by atoms with Gasteiger partial charge in [-0.15, -0.1) is 0 Å². The maximum atomic E-state index is 13.0. The Kier molecular flexibility index (Phi) is 4.89. The number of hydrogen-bond acceptors (Lipinski definition) is 2. The van der Waals surface area contributed by atoms with Crippen molar-refractivity contribution in [3.63, 3.8) is 0 Å². The summed E-state index contributed by atoms with van der Waals surface area (Å²) in [6, 6.07) is 4.68. The van der Waals surface area contributed by atoms with Gasteiger partial charge in [0.2, 0.25) is 5.91 Å². The third kappa shape index (κ3) is 3.57. The lowest BCUT2D eigenvalue weighted by Gasteiger charge is -2.16. The van der Waals surface area contributed by atoms with Gasteiger partial charge in [0.1, 0.15) is 12.4 Å². The van der Waals surface area contributed by atoms with Gasteiger partial charge in [-0.05, 0) is 33.6 Å². The molecule has 1 rings (SSSR count). The summed E-state index contributed by atoms with van der Waals surface area (Å²) in [5, 5.41) is 0. The highest BCUT2D eigenvalue weighted by Gasteiger charge is 2.09. The minimum atomic E-state index is -0.311. The van der Waals surface area contributed by atoms with E-state index in [0.29, 0.717) is 11.0 Å². The molecule has 0 N–H and O–H groups in total. The number of benzene rings is 1. The molecule has 0 radical (unpaired) electrons. The minimum absolute atomic E-state index is 0.0544. The SMILES string of the molecule is COCC(=O)N(C)Cc1ccc(F)c(Br)c1. The van der Waals surface area contributed by atoms with Crippen LogP contribution in [0.25, 0.3) is 0 Å². The van der Waals surface area contributed by atoms with Gasteiger partial charge >= 0.3 is 0 Å². The van der Waals surface area contributed by atoms with Crippen molar-refractivity contribution >= 4 is 21.8 Å². The first kappa shape index (κ1) is 13.1. The van der Waals surface area contributed by atoms with Gasteiger partial charge in [-0.2, -0.15) is 0 Å². The van der Waals surface area contributed by atoms with E-state index in [1.54, 1.807) is 19.2 Å². The Bertz CT molecular complexity index is 384. The Balaban J connectivity index is 2.66. The fourth-order valence-corrected chi connectivity index (χ4v) is 1.66. The molecule has 0 bridgehead atoms. The van der Waals surface area contributed by atoms with Crippen molar-refractivity contribution in [1.82, 2.24) is 4.90 Å². The zero-order valence-electron chi connectivity index (χ0n) is 9.17. The van der Waals surface area contributed by atoms with Gasteiger partial charge < -0.3 is 9.64 Å². The van der Waals surface area contributed by atoms with Crippen LogP contribution in [0.3, 0.4) is 0 Å². The van der Waals surface area contributed by atoms with Crippen molar-refractivity contribution in [2.45, 2.75) is 6.54 Å². The van der Waals surface area contributed by atoms with Crippen molar-refractivity contribution in [1.29, 1.82) is 0 Å². The first-order valence-corrected chi connectivity index (χ1v) is 5.50. The van der Waals surface area contributed by atoms with Crippen molar-refractivity contribution < 1.29 is 13.9 Å². The van der Waals surface area contributed by atoms with E-state index in [-0.39, 0.29) is 18.3 Å².